The van der Waals surface area contributed by atoms with Crippen LogP contribution in [0.4, 0.5) is 4.79 Å². The molecule has 3 aliphatic rings. The fourth-order valence-electron chi connectivity index (χ4n) is 3.77. The molecule has 0 unspecified atom stereocenters. The highest BCUT2D eigenvalue weighted by Gasteiger charge is 2.39. The minimum absolute atomic E-state index is 0.259. The van der Waals surface area contributed by atoms with Crippen LogP contribution in [0.1, 0.15) is 38.5 Å². The number of amides is 1. The van der Waals surface area contributed by atoms with Crippen molar-refractivity contribution in [2.24, 2.45) is 5.41 Å². The number of rotatable bonds is 1. The third-order valence-electron chi connectivity index (χ3n) is 5.28. The van der Waals surface area contributed by atoms with Crippen molar-refractivity contribution < 1.29 is 14.7 Å². The average molecular weight is 278 g/mol. The second-order valence-corrected chi connectivity index (χ2v) is 6.36. The molecule has 1 spiro atoms. The summed E-state index contributed by atoms with van der Waals surface area (Å²) in [6, 6.07) is 0. The van der Waals surface area contributed by atoms with Gasteiger partial charge in [0, 0.05) is 44.4 Å². The van der Waals surface area contributed by atoms with Gasteiger partial charge in [0.25, 0.3) is 0 Å². The van der Waals surface area contributed by atoms with Gasteiger partial charge in [-0.3, -0.25) is 4.79 Å². The van der Waals surface area contributed by atoms with Crippen molar-refractivity contribution in [3.05, 3.63) is 11.8 Å². The molecule has 0 aromatic carbocycles. The lowest BCUT2D eigenvalue weighted by molar-refractivity contribution is -0.114. The van der Waals surface area contributed by atoms with Crippen molar-refractivity contribution in [1.29, 1.82) is 0 Å². The molecule has 2 heterocycles. The first-order valence-corrected chi connectivity index (χ1v) is 7.54. The highest BCUT2D eigenvalue weighted by atomic mass is 16.4. The van der Waals surface area contributed by atoms with E-state index in [1.54, 1.807) is 0 Å². The van der Waals surface area contributed by atoms with E-state index in [1.165, 1.54) is 10.6 Å². The smallest absolute Gasteiger partial charge is 0.407 e. The van der Waals surface area contributed by atoms with Crippen LogP contribution >= 0.6 is 0 Å². The van der Waals surface area contributed by atoms with Gasteiger partial charge in [0.1, 0.15) is 0 Å². The first-order valence-electron chi connectivity index (χ1n) is 7.54. The number of hydrogen-bond donors (Lipinski definition) is 1. The lowest BCUT2D eigenvalue weighted by Crippen LogP contribution is -2.47. The predicted octanol–water partition coefficient (Wildman–Crippen LogP) is 2.09. The highest BCUT2D eigenvalue weighted by molar-refractivity contribution is 5.92. The molecule has 0 saturated carbocycles. The molecule has 2 fully saturated rings. The van der Waals surface area contributed by atoms with Crippen LogP contribution < -0.4 is 0 Å². The number of hydrogen-bond acceptors (Lipinski definition) is 3. The van der Waals surface area contributed by atoms with E-state index in [9.17, 15) is 9.59 Å². The number of carboxylic acid groups (broad SMARTS) is 1. The summed E-state index contributed by atoms with van der Waals surface area (Å²) >= 11 is 0. The summed E-state index contributed by atoms with van der Waals surface area (Å²) < 4.78 is 0. The normalized spacial score (nSPS) is 26.0. The van der Waals surface area contributed by atoms with E-state index in [4.69, 9.17) is 5.11 Å². The maximum absolute atomic E-state index is 11.3. The van der Waals surface area contributed by atoms with Crippen LogP contribution in [0.3, 0.4) is 0 Å². The first-order chi connectivity index (χ1) is 9.58. The molecule has 0 aromatic rings. The van der Waals surface area contributed by atoms with Crippen molar-refractivity contribution >= 4 is 11.9 Å². The van der Waals surface area contributed by atoms with Crippen molar-refractivity contribution in [3.63, 3.8) is 0 Å². The molecule has 5 heteroatoms. The SMILES string of the molecule is O=C1C=C(N2CCC3(CCN(C(=O)O)CC3)CC2)CC1. The van der Waals surface area contributed by atoms with E-state index >= 15 is 0 Å². The van der Waals surface area contributed by atoms with Gasteiger partial charge < -0.3 is 14.9 Å². The number of likely N-dealkylation sites (tertiary alicyclic amines) is 2. The molecule has 1 aliphatic carbocycles. The largest absolute Gasteiger partial charge is 0.465 e. The summed E-state index contributed by atoms with van der Waals surface area (Å²) in [6.45, 7) is 3.39. The van der Waals surface area contributed by atoms with Crippen molar-refractivity contribution in [2.75, 3.05) is 26.2 Å². The van der Waals surface area contributed by atoms with Gasteiger partial charge in [-0.2, -0.15) is 0 Å². The van der Waals surface area contributed by atoms with Crippen LogP contribution in [0, 0.1) is 5.41 Å². The number of carbonyl (C=O) groups is 2. The minimum atomic E-state index is -0.785. The highest BCUT2D eigenvalue weighted by Crippen LogP contribution is 2.42. The molecular formula is C15H22N2O3. The fourth-order valence-corrected chi connectivity index (χ4v) is 3.77. The number of ketones is 1. The Labute approximate surface area is 119 Å². The van der Waals surface area contributed by atoms with Crippen molar-refractivity contribution in [1.82, 2.24) is 9.80 Å². The van der Waals surface area contributed by atoms with Gasteiger partial charge in [0.15, 0.2) is 5.78 Å². The zero-order valence-electron chi connectivity index (χ0n) is 11.8. The van der Waals surface area contributed by atoms with Crippen molar-refractivity contribution in [2.45, 2.75) is 38.5 Å². The molecule has 2 aliphatic heterocycles. The fraction of sp³-hybridized carbons (Fsp3) is 0.733. The van der Waals surface area contributed by atoms with Crippen molar-refractivity contribution in [3.8, 4) is 0 Å². The average Bonchev–Trinajstić information content (AvgIpc) is 2.87. The Hall–Kier alpha value is -1.52. The number of piperidine rings is 2. The second kappa shape index (κ2) is 5.11. The monoisotopic (exact) mass is 278 g/mol. The molecule has 0 atom stereocenters. The molecule has 1 amide bonds. The minimum Gasteiger partial charge on any atom is -0.465 e. The van der Waals surface area contributed by atoms with Crippen LogP contribution in [0.2, 0.25) is 0 Å². The summed E-state index contributed by atoms with van der Waals surface area (Å²) in [5.41, 5.74) is 1.55. The van der Waals surface area contributed by atoms with E-state index in [2.05, 4.69) is 4.90 Å². The van der Waals surface area contributed by atoms with Gasteiger partial charge in [-0.05, 0) is 37.5 Å². The molecule has 0 bridgehead atoms. The van der Waals surface area contributed by atoms with E-state index in [0.29, 0.717) is 24.9 Å². The van der Waals surface area contributed by atoms with E-state index < -0.39 is 6.09 Å². The van der Waals surface area contributed by atoms with Gasteiger partial charge in [0.2, 0.25) is 0 Å². The maximum atomic E-state index is 11.3. The number of allylic oxidation sites excluding steroid dienone is 2. The number of nitrogens with zero attached hydrogens (tertiary/aromatic N) is 2. The quantitative estimate of drug-likeness (QED) is 0.798. The molecule has 110 valence electrons. The van der Waals surface area contributed by atoms with Gasteiger partial charge in [0.05, 0.1) is 0 Å². The van der Waals surface area contributed by atoms with Gasteiger partial charge in [-0.25, -0.2) is 4.79 Å². The van der Waals surface area contributed by atoms with Crippen LogP contribution in [0.25, 0.3) is 0 Å². The lowest BCUT2D eigenvalue weighted by Gasteiger charge is -2.47. The standard InChI is InChI=1S/C15H22N2O3/c18-13-2-1-12(11-13)16-7-3-15(4-8-16)5-9-17(10-6-15)14(19)20/h11H,1-10H2,(H,19,20). The Bertz CT molecular complexity index is 440. The Morgan fingerprint density at radius 1 is 1.05 bits per heavy atom. The molecule has 2 saturated heterocycles. The van der Waals surface area contributed by atoms with Gasteiger partial charge in [-0.15, -0.1) is 0 Å². The molecule has 0 radical (unpaired) electrons. The van der Waals surface area contributed by atoms with Crippen LogP contribution in [-0.2, 0) is 4.79 Å². The molecule has 20 heavy (non-hydrogen) atoms. The summed E-state index contributed by atoms with van der Waals surface area (Å²) in [5.74, 6) is 0.259. The van der Waals surface area contributed by atoms with Gasteiger partial charge in [-0.1, -0.05) is 0 Å². The summed E-state index contributed by atoms with van der Waals surface area (Å²) in [7, 11) is 0. The Balaban J connectivity index is 1.55. The van der Waals surface area contributed by atoms with Crippen LogP contribution in [-0.4, -0.2) is 53.0 Å². The Morgan fingerprint density at radius 3 is 2.15 bits per heavy atom. The van der Waals surface area contributed by atoms with E-state index in [0.717, 1.165) is 45.2 Å². The number of carbonyl (C=O) groups excluding carboxylic acids is 1. The molecule has 1 N–H and O–H groups in total. The summed E-state index contributed by atoms with van der Waals surface area (Å²) in [5, 5.41) is 9.01. The van der Waals surface area contributed by atoms with Crippen LogP contribution in [0.5, 0.6) is 0 Å². The maximum Gasteiger partial charge on any atom is 0.407 e. The summed E-state index contributed by atoms with van der Waals surface area (Å²) in [4.78, 5) is 26.2. The Kier molecular flexibility index (Phi) is 3.44. The zero-order chi connectivity index (χ0) is 14.2. The lowest BCUT2D eigenvalue weighted by atomic mass is 9.71. The molecular weight excluding hydrogens is 256 g/mol. The third-order valence-corrected chi connectivity index (χ3v) is 5.28. The second-order valence-electron chi connectivity index (χ2n) is 6.36. The Morgan fingerprint density at radius 2 is 1.65 bits per heavy atom. The zero-order valence-corrected chi connectivity index (χ0v) is 11.8. The van der Waals surface area contributed by atoms with Crippen LogP contribution in [0.15, 0.2) is 11.8 Å². The topological polar surface area (TPSA) is 60.9 Å². The first kappa shape index (κ1) is 13.5. The van der Waals surface area contributed by atoms with Gasteiger partial charge >= 0.3 is 6.09 Å². The third kappa shape index (κ3) is 2.53. The molecule has 3 rings (SSSR count). The van der Waals surface area contributed by atoms with E-state index in [1.807, 2.05) is 6.08 Å². The molecule has 5 nitrogen and oxygen atoms in total. The predicted molar refractivity (Wildman–Crippen MR) is 74.4 cm³/mol. The molecule has 0 aromatic heterocycles. The van der Waals surface area contributed by atoms with E-state index in [-0.39, 0.29) is 5.78 Å². The summed E-state index contributed by atoms with van der Waals surface area (Å²) in [6.07, 6.45) is 6.84.